The molecule has 0 saturated heterocycles. The van der Waals surface area contributed by atoms with Gasteiger partial charge in [-0.1, -0.05) is 12.2 Å². The molecule has 12 aliphatic carbocycles. The molecular weight excluding hydrogens is 520 g/mol. The van der Waals surface area contributed by atoms with E-state index >= 15 is 0 Å². The first-order chi connectivity index (χ1) is 20.3. The molecule has 12 aliphatic rings. The lowest BCUT2D eigenvalue weighted by Crippen LogP contribution is -2.64. The van der Waals surface area contributed by atoms with Crippen LogP contribution in [0.25, 0.3) is 0 Å². The van der Waals surface area contributed by atoms with E-state index in [1.807, 2.05) is 12.2 Å². The van der Waals surface area contributed by atoms with Gasteiger partial charge in [0.2, 0.25) is 0 Å². The molecule has 0 spiro atoms. The van der Waals surface area contributed by atoms with Crippen molar-refractivity contribution in [2.45, 2.75) is 127 Å². The molecule has 0 aromatic heterocycles. The fraction of sp³-hybridized carbons (Fsp3) is 0.842. The topological polar surface area (TPSA) is 52.6 Å². The largest absolute Gasteiger partial charge is 0.458 e. The Bertz CT molecular complexity index is 1040. The third-order valence-electron chi connectivity index (χ3n) is 15.5. The van der Waals surface area contributed by atoms with Crippen LogP contribution >= 0.6 is 0 Å². The predicted molar refractivity (Wildman–Crippen MR) is 161 cm³/mol. The van der Waals surface area contributed by atoms with Crippen LogP contribution in [-0.2, 0) is 19.1 Å². The van der Waals surface area contributed by atoms with Gasteiger partial charge in [-0.3, -0.25) is 9.59 Å². The first kappa shape index (κ1) is 26.8. The van der Waals surface area contributed by atoms with Gasteiger partial charge in [0.25, 0.3) is 0 Å². The summed E-state index contributed by atoms with van der Waals surface area (Å²) in [6.45, 7) is 8.28. The van der Waals surface area contributed by atoms with E-state index in [1.54, 1.807) is 0 Å². The number of hydrogen-bond donors (Lipinski definition) is 0. The number of rotatable bonds is 8. The molecule has 12 rings (SSSR count). The molecule has 12 saturated carbocycles. The minimum atomic E-state index is -0.512. The van der Waals surface area contributed by atoms with Crippen LogP contribution < -0.4 is 0 Å². The number of ether oxygens (including phenoxy) is 2. The van der Waals surface area contributed by atoms with Crippen molar-refractivity contribution in [1.82, 2.24) is 0 Å². The van der Waals surface area contributed by atoms with Crippen molar-refractivity contribution in [2.24, 2.45) is 70.0 Å². The minimum Gasteiger partial charge on any atom is -0.458 e. The highest BCUT2D eigenvalue weighted by molar-refractivity contribution is 5.83. The summed E-state index contributed by atoms with van der Waals surface area (Å²) in [7, 11) is 0. The van der Waals surface area contributed by atoms with Crippen LogP contribution in [0.3, 0.4) is 0 Å². The third-order valence-corrected chi connectivity index (χ3v) is 15.5. The molecule has 42 heavy (non-hydrogen) atoms. The van der Waals surface area contributed by atoms with E-state index < -0.39 is 10.8 Å². The maximum absolute atomic E-state index is 14.7. The van der Waals surface area contributed by atoms with E-state index in [-0.39, 0.29) is 23.1 Å². The molecule has 4 nitrogen and oxygen atoms in total. The average molecular weight is 573 g/mol. The van der Waals surface area contributed by atoms with Gasteiger partial charge in [-0.05, 0) is 162 Å². The van der Waals surface area contributed by atoms with Crippen LogP contribution in [0.5, 0.6) is 0 Å². The molecule has 12 bridgehead atoms. The second-order valence-electron chi connectivity index (χ2n) is 17.8. The summed E-state index contributed by atoms with van der Waals surface area (Å²) in [4.78, 5) is 29.3. The minimum absolute atomic E-state index is 0.0403. The average Bonchev–Trinajstić information content (AvgIpc) is 2.93. The summed E-state index contributed by atoms with van der Waals surface area (Å²) >= 11 is 0. The van der Waals surface area contributed by atoms with Gasteiger partial charge < -0.3 is 9.47 Å². The zero-order valence-corrected chi connectivity index (χ0v) is 25.7. The molecule has 0 aromatic carbocycles. The number of hydrogen-bond acceptors (Lipinski definition) is 4. The Morgan fingerprint density at radius 2 is 0.833 bits per heavy atom. The van der Waals surface area contributed by atoms with Gasteiger partial charge in [-0.2, -0.15) is 0 Å². The monoisotopic (exact) mass is 572 g/mol. The molecule has 0 heterocycles. The Morgan fingerprint density at radius 3 is 1.14 bits per heavy atom. The molecule has 0 unspecified atom stereocenters. The molecule has 0 radical (unpaired) electrons. The highest BCUT2D eigenvalue weighted by Gasteiger charge is 2.68. The Balaban J connectivity index is 1.00. The van der Waals surface area contributed by atoms with Crippen LogP contribution in [0.4, 0.5) is 0 Å². The Hall–Kier alpha value is -1.58. The highest BCUT2D eigenvalue weighted by atomic mass is 16.6. The van der Waals surface area contributed by atoms with Crippen molar-refractivity contribution in [1.29, 1.82) is 0 Å². The lowest BCUT2D eigenvalue weighted by atomic mass is 9.44. The van der Waals surface area contributed by atoms with Crippen molar-refractivity contribution >= 4 is 11.9 Å². The summed E-state index contributed by atoms with van der Waals surface area (Å²) in [6, 6.07) is 0. The molecule has 0 aliphatic heterocycles. The first-order valence-corrected chi connectivity index (χ1v) is 18.0. The molecule has 0 aromatic rings. The second-order valence-corrected chi connectivity index (χ2v) is 17.8. The summed E-state index contributed by atoms with van der Waals surface area (Å²) in [5.41, 5.74) is -1.75. The summed E-state index contributed by atoms with van der Waals surface area (Å²) in [5.74, 6) is 6.21. The van der Waals surface area contributed by atoms with Crippen LogP contribution in [0, 0.1) is 70.0 Å². The van der Waals surface area contributed by atoms with Gasteiger partial charge in [0.15, 0.2) is 0 Å². The quantitative estimate of drug-likeness (QED) is 0.217. The van der Waals surface area contributed by atoms with Crippen molar-refractivity contribution in [3.63, 3.8) is 0 Å². The van der Waals surface area contributed by atoms with Crippen molar-refractivity contribution < 1.29 is 19.1 Å². The fourth-order valence-corrected chi connectivity index (χ4v) is 14.8. The molecule has 0 atom stereocenters. The van der Waals surface area contributed by atoms with Gasteiger partial charge in [-0.15, -0.1) is 13.2 Å². The van der Waals surface area contributed by atoms with Crippen LogP contribution in [-0.4, -0.2) is 23.1 Å². The van der Waals surface area contributed by atoms with Gasteiger partial charge in [0.05, 0.1) is 10.8 Å². The van der Waals surface area contributed by atoms with E-state index in [4.69, 9.17) is 9.47 Å². The molecule has 4 heteroatoms. The Morgan fingerprint density at radius 1 is 0.524 bits per heavy atom. The molecule has 12 fully saturated rings. The van der Waals surface area contributed by atoms with Crippen LogP contribution in [0.2, 0.25) is 0 Å². The lowest BCUT2D eigenvalue weighted by Gasteiger charge is -2.64. The van der Waals surface area contributed by atoms with Crippen molar-refractivity contribution in [2.75, 3.05) is 0 Å². The van der Waals surface area contributed by atoms with E-state index in [1.165, 1.54) is 70.6 Å². The summed E-state index contributed by atoms with van der Waals surface area (Å²) < 4.78 is 13.9. The third kappa shape index (κ3) is 3.59. The van der Waals surface area contributed by atoms with Crippen LogP contribution in [0.1, 0.15) is 116 Å². The Kier molecular flexibility index (Phi) is 5.74. The second kappa shape index (κ2) is 9.00. The number of carbonyl (C=O) groups excluding carboxylic acids is 2. The maximum atomic E-state index is 14.7. The number of esters is 2. The summed E-state index contributed by atoms with van der Waals surface area (Å²) in [5, 5.41) is 0. The standard InChI is InChI=1S/C38H52O4/c1-3-5-37(29-10-23-7-24(12-29)13-30(37)11-23)41-33(39)35-18-27-9-28(19-35)21-36(20-27,22-35)34(40)42-38(6-4-2)31-14-25-8-26(16-31)17-32(38)15-25/h3-4,23-32H,1-2,5-22H2. The van der Waals surface area contributed by atoms with E-state index in [0.29, 0.717) is 41.9 Å². The summed E-state index contributed by atoms with van der Waals surface area (Å²) in [6.07, 6.45) is 23.6. The zero-order valence-electron chi connectivity index (χ0n) is 25.7. The molecule has 0 amide bonds. The fourth-order valence-electron chi connectivity index (χ4n) is 14.8. The SMILES string of the molecule is C=CCC1(OC(=O)C23CC4CC(C2)CC(C(=O)OC2(CC=C)C5CC6CC(C5)CC2C6)(C4)C3)C2CC3CC(C2)CC1C3. The highest BCUT2D eigenvalue weighted by Crippen LogP contribution is 2.69. The van der Waals surface area contributed by atoms with E-state index in [9.17, 15) is 9.59 Å². The van der Waals surface area contributed by atoms with Crippen molar-refractivity contribution in [3.8, 4) is 0 Å². The molecule has 228 valence electrons. The van der Waals surface area contributed by atoms with Gasteiger partial charge in [-0.25, -0.2) is 0 Å². The first-order valence-electron chi connectivity index (χ1n) is 18.0. The van der Waals surface area contributed by atoms with Gasteiger partial charge in [0.1, 0.15) is 11.2 Å². The zero-order chi connectivity index (χ0) is 28.5. The number of carbonyl (C=O) groups is 2. The van der Waals surface area contributed by atoms with Crippen molar-refractivity contribution in [3.05, 3.63) is 25.3 Å². The molecule has 0 N–H and O–H groups in total. The Labute approximate surface area is 252 Å². The van der Waals surface area contributed by atoms with E-state index in [0.717, 1.165) is 62.2 Å². The smallest absolute Gasteiger partial charge is 0.312 e. The van der Waals surface area contributed by atoms with Gasteiger partial charge >= 0.3 is 11.9 Å². The van der Waals surface area contributed by atoms with E-state index in [2.05, 4.69) is 13.2 Å². The lowest BCUT2D eigenvalue weighted by molar-refractivity contribution is -0.241. The maximum Gasteiger partial charge on any atom is 0.312 e. The predicted octanol–water partition coefficient (Wildman–Crippen LogP) is 8.20. The normalized spacial score (nSPS) is 55.5. The van der Waals surface area contributed by atoms with Crippen LogP contribution in [0.15, 0.2) is 25.3 Å². The molecular formula is C38H52O4. The van der Waals surface area contributed by atoms with Gasteiger partial charge in [0, 0.05) is 12.8 Å².